The molecule has 0 unspecified atom stereocenters. The summed E-state index contributed by atoms with van der Waals surface area (Å²) in [5.41, 5.74) is 4.21. The van der Waals surface area contributed by atoms with Crippen LogP contribution in [0.15, 0.2) is 35.3 Å². The van der Waals surface area contributed by atoms with Crippen LogP contribution in [0.2, 0.25) is 0 Å². The zero-order chi connectivity index (χ0) is 27.5. The fourth-order valence-corrected chi connectivity index (χ4v) is 3.43. The van der Waals surface area contributed by atoms with Gasteiger partial charge in [-0.05, 0) is 35.6 Å². The van der Waals surface area contributed by atoms with E-state index in [1.54, 1.807) is 6.07 Å². The van der Waals surface area contributed by atoms with Crippen molar-refractivity contribution < 1.29 is 47.3 Å². The Labute approximate surface area is 236 Å². The van der Waals surface area contributed by atoms with Crippen molar-refractivity contribution in [3.05, 3.63) is 53.1 Å². The van der Waals surface area contributed by atoms with Crippen LogP contribution >= 0.6 is 9.53 Å². The summed E-state index contributed by atoms with van der Waals surface area (Å²) in [5.74, 6) is 1.84. The molecule has 0 aromatic heterocycles. The second kappa shape index (κ2) is 20.5. The molecule has 0 saturated carbocycles. The number of benzene rings is 2. The molecule has 0 aliphatic rings. The molecule has 0 radical (unpaired) electrons. The van der Waals surface area contributed by atoms with Crippen LogP contribution in [0.4, 0.5) is 5.69 Å². The molecule has 0 atom stereocenters. The van der Waals surface area contributed by atoms with Crippen molar-refractivity contribution in [2.45, 2.75) is 46.0 Å². The average molecular weight is 629 g/mol. The zero-order valence-corrected chi connectivity index (χ0v) is 24.5. The number of para-hydroxylation sites is 1. The molecule has 9 heteroatoms. The molecule has 37 heavy (non-hydrogen) atoms. The molecule has 210 valence electrons. The van der Waals surface area contributed by atoms with Gasteiger partial charge in [-0.15, -0.1) is 17.7 Å². The molecule has 7 nitrogen and oxygen atoms in total. The van der Waals surface area contributed by atoms with Gasteiger partial charge in [0.05, 0.1) is 50.2 Å². The Morgan fingerprint density at radius 2 is 1.46 bits per heavy atom. The Hall–Kier alpha value is -1.50. The van der Waals surface area contributed by atoms with Crippen molar-refractivity contribution in [1.29, 1.82) is 0 Å². The van der Waals surface area contributed by atoms with Crippen LogP contribution in [0.5, 0.6) is 11.5 Å². The van der Waals surface area contributed by atoms with Crippen LogP contribution in [-0.2, 0) is 27.7 Å². The number of nitrogens with zero attached hydrogens (tertiary/aromatic N) is 1. The van der Waals surface area contributed by atoms with Crippen LogP contribution in [0.1, 0.15) is 62.6 Å². The van der Waals surface area contributed by atoms with E-state index in [0.717, 1.165) is 11.3 Å². The van der Waals surface area contributed by atoms with Gasteiger partial charge in [-0.1, -0.05) is 52.0 Å². The number of halogens is 1. The molecule has 2 N–H and O–H groups in total. The Kier molecular flexibility index (Phi) is 18.5. The molecular weight excluding hydrogens is 588 g/mol. The molecule has 0 aliphatic heterocycles. The third-order valence-electron chi connectivity index (χ3n) is 5.23. The summed E-state index contributed by atoms with van der Waals surface area (Å²) >= 11 is 2.22. The predicted octanol–water partition coefficient (Wildman–Crippen LogP) is 5.34. The van der Waals surface area contributed by atoms with E-state index < -0.39 is 0 Å². The minimum absolute atomic E-state index is 0.0260. The van der Waals surface area contributed by atoms with Gasteiger partial charge in [0, 0.05) is 13.2 Å². The Morgan fingerprint density at radius 1 is 0.865 bits per heavy atom. The number of ether oxygens (including phenoxy) is 4. The first-order chi connectivity index (χ1) is 18.0. The van der Waals surface area contributed by atoms with Gasteiger partial charge in [-0.2, -0.15) is 0 Å². The third kappa shape index (κ3) is 12.7. The molecule has 0 amide bonds. The number of hydrogen-bond acceptors (Lipinski definition) is 7. The van der Waals surface area contributed by atoms with Gasteiger partial charge in [-0.3, -0.25) is 0 Å². The van der Waals surface area contributed by atoms with E-state index >= 15 is 0 Å². The first kappa shape index (κ1) is 33.5. The second-order valence-electron chi connectivity index (χ2n) is 8.69. The van der Waals surface area contributed by atoms with Crippen LogP contribution in [-0.4, -0.2) is 69.3 Å². The Bertz CT molecular complexity index is 884. The summed E-state index contributed by atoms with van der Waals surface area (Å²) < 4.78 is 22.5. The number of rotatable bonds is 17. The van der Waals surface area contributed by atoms with E-state index in [4.69, 9.17) is 34.2 Å². The van der Waals surface area contributed by atoms with Crippen molar-refractivity contribution in [1.82, 2.24) is 0 Å². The quantitative estimate of drug-likeness (QED) is 0.107. The van der Waals surface area contributed by atoms with E-state index in [2.05, 4.69) is 79.7 Å². The maximum absolute atomic E-state index is 8.87. The van der Waals surface area contributed by atoms with Crippen molar-refractivity contribution in [2.24, 2.45) is 4.99 Å². The van der Waals surface area contributed by atoms with Gasteiger partial charge in [0.25, 0.3) is 0 Å². The average Bonchev–Trinajstić information content (AvgIpc) is 2.90. The van der Waals surface area contributed by atoms with Crippen molar-refractivity contribution in [3.8, 4) is 11.5 Å². The molecular formula is C28H40ClNO6Pd. The van der Waals surface area contributed by atoms with E-state index in [1.807, 2.05) is 12.3 Å². The van der Waals surface area contributed by atoms with Gasteiger partial charge < -0.3 is 34.2 Å². The standard InChI is InChI=1S/C28H40NO6.ClH.Pd/c1-21(2)24-7-5-8-25(22(3)4)28(24)29-20-23-9-10-26(34-17-15-32-13-6-11-30)27(19-23)35-18-16-33-14-12-31;;/h5,7-8,10,19-22,30-31H,6,11-18H2,1-4H3;1H;/q-1;;+2/p-1. The fourth-order valence-electron chi connectivity index (χ4n) is 3.43. The summed E-state index contributed by atoms with van der Waals surface area (Å²) in [5, 5.41) is 17.7. The molecule has 0 bridgehead atoms. The molecule has 2 rings (SSSR count). The van der Waals surface area contributed by atoms with Gasteiger partial charge in [0.2, 0.25) is 0 Å². The normalized spacial score (nSPS) is 11.2. The summed E-state index contributed by atoms with van der Waals surface area (Å²) in [7, 11) is 4.49. The number of hydrogen-bond donors (Lipinski definition) is 2. The van der Waals surface area contributed by atoms with Gasteiger partial charge in [-0.25, -0.2) is 0 Å². The van der Waals surface area contributed by atoms with Gasteiger partial charge in [0.1, 0.15) is 6.61 Å². The van der Waals surface area contributed by atoms with E-state index in [-0.39, 0.29) is 19.8 Å². The number of aliphatic hydroxyl groups excluding tert-OH is 2. The monoisotopic (exact) mass is 627 g/mol. The molecule has 0 saturated heterocycles. The van der Waals surface area contributed by atoms with Gasteiger partial charge >= 0.3 is 27.7 Å². The van der Waals surface area contributed by atoms with E-state index in [1.165, 1.54) is 11.1 Å². The molecule has 2 aromatic rings. The third-order valence-corrected chi connectivity index (χ3v) is 5.23. The maximum atomic E-state index is 8.87. The predicted molar refractivity (Wildman–Crippen MR) is 144 cm³/mol. The molecule has 0 spiro atoms. The molecule has 0 heterocycles. The van der Waals surface area contributed by atoms with Crippen LogP contribution in [0.25, 0.3) is 0 Å². The Balaban J connectivity index is 0.00000334. The van der Waals surface area contributed by atoms with Crippen LogP contribution in [0.3, 0.4) is 0 Å². The van der Waals surface area contributed by atoms with E-state index in [9.17, 15) is 0 Å². The Morgan fingerprint density at radius 3 is 2.03 bits per heavy atom. The topological polar surface area (TPSA) is 89.7 Å². The van der Waals surface area contributed by atoms with Crippen molar-refractivity contribution in [3.63, 3.8) is 0 Å². The van der Waals surface area contributed by atoms with Crippen molar-refractivity contribution >= 4 is 21.4 Å². The molecule has 2 aromatic carbocycles. The molecule has 0 fully saturated rings. The van der Waals surface area contributed by atoms with Crippen LogP contribution in [0, 0.1) is 6.07 Å². The number of aliphatic imine (C=N–C) groups is 1. The molecule has 0 aliphatic carbocycles. The fraction of sp³-hybridized carbons (Fsp3) is 0.536. The zero-order valence-electron chi connectivity index (χ0n) is 22.2. The summed E-state index contributed by atoms with van der Waals surface area (Å²) in [6.45, 7) is 11.0. The first-order valence-electron chi connectivity index (χ1n) is 12.4. The summed E-state index contributed by atoms with van der Waals surface area (Å²) in [6, 6.07) is 13.2. The van der Waals surface area contributed by atoms with E-state index in [0.29, 0.717) is 62.8 Å². The summed E-state index contributed by atoms with van der Waals surface area (Å²) in [6.07, 6.45) is 2.41. The number of aliphatic hydroxyl groups is 2. The SMILES string of the molecule is CC(C)c1cccc(C(C)C)c1N=Cc1[c-]cc(OCCOCCCO)c(OCCOCCO)c1.[Cl][Pd+]. The summed E-state index contributed by atoms with van der Waals surface area (Å²) in [4.78, 5) is 4.87. The minimum atomic E-state index is -0.0260. The van der Waals surface area contributed by atoms with Crippen molar-refractivity contribution in [2.75, 3.05) is 52.9 Å². The van der Waals surface area contributed by atoms with Gasteiger partial charge in [0.15, 0.2) is 0 Å². The first-order valence-corrected chi connectivity index (χ1v) is 14.5. The second-order valence-corrected chi connectivity index (χ2v) is 8.69. The van der Waals surface area contributed by atoms with Crippen LogP contribution < -0.4 is 9.47 Å².